The van der Waals surface area contributed by atoms with E-state index in [1.807, 2.05) is 25.2 Å². The van der Waals surface area contributed by atoms with E-state index >= 15 is 0 Å². The zero-order valence-electron chi connectivity index (χ0n) is 11.8. The van der Waals surface area contributed by atoms with Crippen LogP contribution < -0.4 is 0 Å². The summed E-state index contributed by atoms with van der Waals surface area (Å²) in [5, 5.41) is 0. The van der Waals surface area contributed by atoms with Crippen molar-refractivity contribution in [3.05, 3.63) is 70.7 Å². The average Bonchev–Trinajstić information content (AvgIpc) is 2.50. The number of nitrogens with zero attached hydrogens (tertiary/aromatic N) is 2. The molecule has 1 heterocycles. The van der Waals surface area contributed by atoms with Crippen molar-refractivity contribution in [2.75, 3.05) is 14.1 Å². The molecule has 0 radical (unpaired) electrons. The molecule has 1 aromatic heterocycles. The standard InChI is InChI=1S/C17H14N2O2/c1-19(2)8-7-11-9-18-10-14-15(11)17(21)13-6-4-3-5-12(13)16(14)20/h3-10H,1-2H3/b8-7+. The van der Waals surface area contributed by atoms with Gasteiger partial charge in [0.1, 0.15) is 0 Å². The van der Waals surface area contributed by atoms with Crippen LogP contribution >= 0.6 is 0 Å². The highest BCUT2D eigenvalue weighted by atomic mass is 16.1. The van der Waals surface area contributed by atoms with Crippen molar-refractivity contribution in [3.8, 4) is 0 Å². The molecule has 0 fully saturated rings. The van der Waals surface area contributed by atoms with Crippen LogP contribution in [0.5, 0.6) is 0 Å². The Morgan fingerprint density at radius 2 is 1.62 bits per heavy atom. The second-order valence-corrected chi connectivity index (χ2v) is 5.13. The topological polar surface area (TPSA) is 50.3 Å². The summed E-state index contributed by atoms with van der Waals surface area (Å²) in [5.74, 6) is -0.270. The molecule has 0 atom stereocenters. The van der Waals surface area contributed by atoms with Gasteiger partial charge in [0.2, 0.25) is 0 Å². The molecule has 3 rings (SSSR count). The lowest BCUT2D eigenvalue weighted by Crippen LogP contribution is -2.22. The molecule has 0 spiro atoms. The Morgan fingerprint density at radius 1 is 0.952 bits per heavy atom. The van der Waals surface area contributed by atoms with Crippen molar-refractivity contribution in [2.45, 2.75) is 0 Å². The van der Waals surface area contributed by atoms with Crippen LogP contribution in [-0.4, -0.2) is 35.5 Å². The molecule has 1 aliphatic rings. The summed E-state index contributed by atoms with van der Waals surface area (Å²) in [6.07, 6.45) is 6.71. The lowest BCUT2D eigenvalue weighted by molar-refractivity contribution is 0.0978. The molecule has 2 aromatic rings. The van der Waals surface area contributed by atoms with Gasteiger partial charge in [0, 0.05) is 48.7 Å². The molecule has 1 aromatic carbocycles. The number of fused-ring (bicyclic) bond motifs is 2. The number of pyridine rings is 1. The van der Waals surface area contributed by atoms with Gasteiger partial charge >= 0.3 is 0 Å². The quantitative estimate of drug-likeness (QED) is 0.722. The molecule has 0 aliphatic heterocycles. The monoisotopic (exact) mass is 278 g/mol. The molecule has 4 nitrogen and oxygen atoms in total. The van der Waals surface area contributed by atoms with Crippen molar-refractivity contribution in [1.29, 1.82) is 0 Å². The van der Waals surface area contributed by atoms with E-state index in [-0.39, 0.29) is 11.6 Å². The minimum Gasteiger partial charge on any atom is -0.383 e. The van der Waals surface area contributed by atoms with Gasteiger partial charge in [-0.2, -0.15) is 0 Å². The molecule has 0 unspecified atom stereocenters. The molecule has 4 heteroatoms. The Bertz CT molecular complexity index is 776. The fraction of sp³-hybridized carbons (Fsp3) is 0.118. The molecule has 104 valence electrons. The summed E-state index contributed by atoms with van der Waals surface area (Å²) in [4.78, 5) is 31.2. The summed E-state index contributed by atoms with van der Waals surface area (Å²) >= 11 is 0. The first-order valence-electron chi connectivity index (χ1n) is 6.60. The predicted octanol–water partition coefficient (Wildman–Crippen LogP) is 2.39. The third-order valence-corrected chi connectivity index (χ3v) is 3.42. The van der Waals surface area contributed by atoms with Crippen LogP contribution in [-0.2, 0) is 0 Å². The molecule has 0 bridgehead atoms. The van der Waals surface area contributed by atoms with Gasteiger partial charge in [-0.25, -0.2) is 0 Å². The number of carbonyl (C=O) groups excluding carboxylic acids is 2. The third-order valence-electron chi connectivity index (χ3n) is 3.42. The number of aromatic nitrogens is 1. The third kappa shape index (κ3) is 2.14. The van der Waals surface area contributed by atoms with E-state index in [0.717, 1.165) is 0 Å². The summed E-state index contributed by atoms with van der Waals surface area (Å²) in [5.41, 5.74) is 2.38. The lowest BCUT2D eigenvalue weighted by Gasteiger charge is -2.18. The molecular weight excluding hydrogens is 264 g/mol. The Hall–Kier alpha value is -2.75. The summed E-state index contributed by atoms with van der Waals surface area (Å²) in [6, 6.07) is 6.91. The van der Waals surface area contributed by atoms with Crippen LogP contribution in [0.1, 0.15) is 37.4 Å². The minimum atomic E-state index is -0.146. The van der Waals surface area contributed by atoms with Crippen LogP contribution in [0.4, 0.5) is 0 Å². The number of hydrogen-bond acceptors (Lipinski definition) is 4. The van der Waals surface area contributed by atoms with E-state index in [9.17, 15) is 9.59 Å². The van der Waals surface area contributed by atoms with Gasteiger partial charge in [-0.3, -0.25) is 14.6 Å². The maximum absolute atomic E-state index is 12.7. The zero-order valence-corrected chi connectivity index (χ0v) is 11.8. The first-order chi connectivity index (χ1) is 10.1. The summed E-state index contributed by atoms with van der Waals surface area (Å²) < 4.78 is 0. The van der Waals surface area contributed by atoms with Gasteiger partial charge in [-0.15, -0.1) is 0 Å². The van der Waals surface area contributed by atoms with E-state index in [4.69, 9.17) is 0 Å². The largest absolute Gasteiger partial charge is 0.383 e. The van der Waals surface area contributed by atoms with E-state index in [1.54, 1.807) is 36.5 Å². The molecule has 0 amide bonds. The highest BCUT2D eigenvalue weighted by Crippen LogP contribution is 2.29. The number of benzene rings is 1. The maximum Gasteiger partial charge on any atom is 0.196 e. The highest BCUT2D eigenvalue weighted by Gasteiger charge is 2.31. The van der Waals surface area contributed by atoms with E-state index in [1.165, 1.54) is 6.20 Å². The van der Waals surface area contributed by atoms with Gasteiger partial charge in [-0.05, 0) is 12.3 Å². The van der Waals surface area contributed by atoms with Gasteiger partial charge in [-0.1, -0.05) is 24.3 Å². The van der Waals surface area contributed by atoms with Crippen molar-refractivity contribution < 1.29 is 9.59 Å². The molecular formula is C17H14N2O2. The fourth-order valence-corrected chi connectivity index (χ4v) is 2.42. The number of carbonyl (C=O) groups is 2. The predicted molar refractivity (Wildman–Crippen MR) is 80.3 cm³/mol. The minimum absolute atomic E-state index is 0.124. The molecule has 0 saturated carbocycles. The number of hydrogen-bond donors (Lipinski definition) is 0. The molecule has 0 saturated heterocycles. The van der Waals surface area contributed by atoms with Crippen molar-refractivity contribution >= 4 is 17.6 Å². The van der Waals surface area contributed by atoms with Crippen molar-refractivity contribution in [2.24, 2.45) is 0 Å². The van der Waals surface area contributed by atoms with Crippen molar-refractivity contribution in [3.63, 3.8) is 0 Å². The second-order valence-electron chi connectivity index (χ2n) is 5.13. The van der Waals surface area contributed by atoms with Crippen LogP contribution in [0.25, 0.3) is 6.08 Å². The Kier molecular flexibility index (Phi) is 3.14. The lowest BCUT2D eigenvalue weighted by atomic mass is 9.83. The normalized spacial score (nSPS) is 13.2. The SMILES string of the molecule is CN(C)/C=C/c1cncc2c1C(=O)c1ccccc1C2=O. The van der Waals surface area contributed by atoms with Crippen LogP contribution in [0.2, 0.25) is 0 Å². The van der Waals surface area contributed by atoms with Crippen LogP contribution in [0, 0.1) is 0 Å². The summed E-state index contributed by atoms with van der Waals surface area (Å²) in [6.45, 7) is 0. The number of rotatable bonds is 2. The summed E-state index contributed by atoms with van der Waals surface area (Å²) in [7, 11) is 3.78. The highest BCUT2D eigenvalue weighted by molar-refractivity contribution is 6.29. The number of ketones is 2. The van der Waals surface area contributed by atoms with Crippen LogP contribution in [0.3, 0.4) is 0 Å². The smallest absolute Gasteiger partial charge is 0.196 e. The first kappa shape index (κ1) is 13.2. The second kappa shape index (κ2) is 4.98. The average molecular weight is 278 g/mol. The van der Waals surface area contributed by atoms with Crippen LogP contribution in [0.15, 0.2) is 42.9 Å². The maximum atomic E-state index is 12.7. The van der Waals surface area contributed by atoms with Crippen molar-refractivity contribution in [1.82, 2.24) is 9.88 Å². The Morgan fingerprint density at radius 3 is 2.29 bits per heavy atom. The fourth-order valence-electron chi connectivity index (χ4n) is 2.42. The zero-order chi connectivity index (χ0) is 15.0. The first-order valence-corrected chi connectivity index (χ1v) is 6.60. The van der Waals surface area contributed by atoms with E-state index < -0.39 is 0 Å². The van der Waals surface area contributed by atoms with Gasteiger partial charge < -0.3 is 4.90 Å². The Labute approximate surface area is 122 Å². The molecule has 0 N–H and O–H groups in total. The Balaban J connectivity index is 2.21. The molecule has 21 heavy (non-hydrogen) atoms. The van der Waals surface area contributed by atoms with Gasteiger partial charge in [0.25, 0.3) is 0 Å². The van der Waals surface area contributed by atoms with Gasteiger partial charge in [0.05, 0.1) is 5.56 Å². The van der Waals surface area contributed by atoms with Gasteiger partial charge in [0.15, 0.2) is 11.6 Å². The van der Waals surface area contributed by atoms with E-state index in [2.05, 4.69) is 4.98 Å². The van der Waals surface area contributed by atoms with E-state index in [0.29, 0.717) is 27.8 Å². The molecule has 1 aliphatic carbocycles.